The summed E-state index contributed by atoms with van der Waals surface area (Å²) in [5, 5.41) is 0. The van der Waals surface area contributed by atoms with Crippen molar-refractivity contribution < 1.29 is 23.0 Å². The summed E-state index contributed by atoms with van der Waals surface area (Å²) in [4.78, 5) is 14.6. The highest BCUT2D eigenvalue weighted by Crippen LogP contribution is 2.67. The van der Waals surface area contributed by atoms with Crippen molar-refractivity contribution in [2.45, 2.75) is 55.3 Å². The number of allylic oxidation sites excluding steroid dienone is 1. The van der Waals surface area contributed by atoms with Gasteiger partial charge in [-0.25, -0.2) is 8.78 Å². The van der Waals surface area contributed by atoms with Gasteiger partial charge in [0.2, 0.25) is 5.91 Å². The van der Waals surface area contributed by atoms with Crippen LogP contribution in [0.15, 0.2) is 24.0 Å². The summed E-state index contributed by atoms with van der Waals surface area (Å²) < 4.78 is 43.2. The van der Waals surface area contributed by atoms with Gasteiger partial charge in [0.25, 0.3) is 0 Å². The van der Waals surface area contributed by atoms with Crippen LogP contribution in [0.4, 0.5) is 8.78 Å². The highest BCUT2D eigenvalue weighted by atomic mass is 19.1. The fourth-order valence-electron chi connectivity index (χ4n) is 6.05. The molecule has 1 aromatic rings. The number of rotatable bonds is 2. The summed E-state index contributed by atoms with van der Waals surface area (Å²) in [5.41, 5.74) is -1.07. The molecule has 1 saturated heterocycles. The number of methoxy groups -OCH3 is 1. The number of ether oxygens (including phenoxy) is 2. The molecule has 0 aromatic heterocycles. The third-order valence-electron chi connectivity index (χ3n) is 7.42. The maximum atomic E-state index is 16.9. The lowest BCUT2D eigenvalue weighted by atomic mass is 9.51. The van der Waals surface area contributed by atoms with E-state index in [-0.39, 0.29) is 18.2 Å². The molecule has 1 saturated carbocycles. The van der Waals surface area contributed by atoms with Crippen LogP contribution >= 0.6 is 0 Å². The van der Waals surface area contributed by atoms with E-state index in [1.807, 2.05) is 6.07 Å². The molecule has 3 aliphatic carbocycles. The molecule has 1 unspecified atom stereocenters. The van der Waals surface area contributed by atoms with E-state index in [0.717, 1.165) is 24.0 Å². The van der Waals surface area contributed by atoms with Crippen molar-refractivity contribution in [1.82, 2.24) is 4.90 Å². The van der Waals surface area contributed by atoms with Gasteiger partial charge in [0.15, 0.2) is 17.6 Å². The summed E-state index contributed by atoms with van der Waals surface area (Å²) in [6.07, 6.45) is 2.93. The van der Waals surface area contributed by atoms with Crippen LogP contribution in [0.2, 0.25) is 0 Å². The fourth-order valence-corrected chi connectivity index (χ4v) is 6.05. The second kappa shape index (κ2) is 4.83. The molecule has 5 aliphatic rings. The van der Waals surface area contributed by atoms with Gasteiger partial charge < -0.3 is 14.4 Å². The third-order valence-corrected chi connectivity index (χ3v) is 7.42. The normalized spacial score (nSPS) is 38.0. The van der Waals surface area contributed by atoms with E-state index in [0.29, 0.717) is 30.9 Å². The highest BCUT2D eigenvalue weighted by Gasteiger charge is 2.74. The van der Waals surface area contributed by atoms with E-state index in [4.69, 9.17) is 9.47 Å². The number of carbonyl (C=O) groups excluding carboxylic acids is 1. The van der Waals surface area contributed by atoms with Gasteiger partial charge in [0.05, 0.1) is 18.6 Å². The fraction of sp³-hybridized carbons (Fsp3) is 0.571. The maximum Gasteiger partial charge on any atom is 0.226 e. The number of halogens is 2. The lowest BCUT2D eigenvalue weighted by Gasteiger charge is -2.60. The van der Waals surface area contributed by atoms with Crippen LogP contribution < -0.4 is 9.47 Å². The van der Waals surface area contributed by atoms with Crippen LogP contribution in [0.1, 0.15) is 36.8 Å². The lowest BCUT2D eigenvalue weighted by molar-refractivity contribution is -0.157. The third kappa shape index (κ3) is 1.67. The minimum Gasteiger partial charge on any atom is -0.493 e. The molecule has 6 heteroatoms. The van der Waals surface area contributed by atoms with Gasteiger partial charge in [-0.1, -0.05) is 6.07 Å². The van der Waals surface area contributed by atoms with Gasteiger partial charge >= 0.3 is 0 Å². The van der Waals surface area contributed by atoms with Crippen molar-refractivity contribution in [3.63, 3.8) is 0 Å². The first-order valence-corrected chi connectivity index (χ1v) is 9.73. The monoisotopic (exact) mass is 373 g/mol. The molecule has 6 rings (SSSR count). The zero-order valence-electron chi connectivity index (χ0n) is 15.1. The predicted octanol–water partition coefficient (Wildman–Crippen LogP) is 3.23. The molecule has 4 nitrogen and oxygen atoms in total. The van der Waals surface area contributed by atoms with Crippen LogP contribution in [0.5, 0.6) is 11.5 Å². The van der Waals surface area contributed by atoms with Gasteiger partial charge in [-0.3, -0.25) is 4.79 Å². The highest BCUT2D eigenvalue weighted by molar-refractivity contribution is 5.82. The Balaban J connectivity index is 1.59. The number of carbonyl (C=O) groups is 1. The SMILES string of the molecule is COc1ccc2c3c1OC1C(F)=CC[C@@]4(F)[C@@H](C2)N(C(=O)C2CC2)CC[C@]314. The average molecular weight is 373 g/mol. The van der Waals surface area contributed by atoms with Crippen molar-refractivity contribution >= 4 is 5.91 Å². The largest absolute Gasteiger partial charge is 0.493 e. The Morgan fingerprint density at radius 3 is 2.93 bits per heavy atom. The summed E-state index contributed by atoms with van der Waals surface area (Å²) in [6, 6.07) is 3.17. The molecular weight excluding hydrogens is 352 g/mol. The molecule has 0 N–H and O–H groups in total. The summed E-state index contributed by atoms with van der Waals surface area (Å²) in [7, 11) is 1.54. The van der Waals surface area contributed by atoms with E-state index in [2.05, 4.69) is 0 Å². The van der Waals surface area contributed by atoms with Crippen molar-refractivity contribution in [3.8, 4) is 11.5 Å². The molecule has 0 radical (unpaired) electrons. The Labute approximate surface area is 156 Å². The average Bonchev–Trinajstić information content (AvgIpc) is 3.44. The van der Waals surface area contributed by atoms with E-state index >= 15 is 4.39 Å². The first-order chi connectivity index (χ1) is 13.0. The molecule has 1 amide bonds. The molecule has 1 aromatic carbocycles. The number of hydrogen-bond acceptors (Lipinski definition) is 3. The number of hydrogen-bond donors (Lipinski definition) is 0. The van der Waals surface area contributed by atoms with Gasteiger partial charge in [-0.2, -0.15) is 0 Å². The number of benzene rings is 1. The molecule has 2 bridgehead atoms. The number of alkyl halides is 1. The van der Waals surface area contributed by atoms with Gasteiger partial charge in [-0.05, 0) is 43.4 Å². The molecule has 4 atom stereocenters. The van der Waals surface area contributed by atoms with Crippen molar-refractivity contribution in [2.75, 3.05) is 13.7 Å². The number of likely N-dealkylation sites (tertiary alicyclic amines) is 1. The standard InChI is InChI=1S/C21H21F2NO3/c1-26-14-5-4-12-10-15-21(23)7-6-13(22)18-20(21,16(12)17(14)27-18)8-9-24(15)19(25)11-2-3-11/h4-6,11,15,18H,2-3,7-10H2,1H3/t15-,18?,20+,21-/m1/s1. The quantitative estimate of drug-likeness (QED) is 0.799. The van der Waals surface area contributed by atoms with Crippen molar-refractivity contribution in [3.05, 3.63) is 35.2 Å². The number of piperidine rings is 1. The van der Waals surface area contributed by atoms with Crippen LogP contribution in [-0.4, -0.2) is 42.3 Å². The number of nitrogens with zero attached hydrogens (tertiary/aromatic N) is 1. The van der Waals surface area contributed by atoms with Crippen molar-refractivity contribution in [1.29, 1.82) is 0 Å². The Morgan fingerprint density at radius 2 is 2.19 bits per heavy atom. The minimum absolute atomic E-state index is 0.0199. The van der Waals surface area contributed by atoms with Crippen LogP contribution in [0.3, 0.4) is 0 Å². The molecule has 2 heterocycles. The molecule has 1 spiro atoms. The van der Waals surface area contributed by atoms with Crippen molar-refractivity contribution in [2.24, 2.45) is 5.92 Å². The maximum absolute atomic E-state index is 16.9. The van der Waals surface area contributed by atoms with Gasteiger partial charge in [-0.15, -0.1) is 0 Å². The molecule has 2 aliphatic heterocycles. The molecular formula is C21H21F2NO3. The topological polar surface area (TPSA) is 38.8 Å². The molecule has 27 heavy (non-hydrogen) atoms. The summed E-state index contributed by atoms with van der Waals surface area (Å²) in [6.45, 7) is 0.453. The van der Waals surface area contributed by atoms with Crippen LogP contribution in [-0.2, 0) is 16.6 Å². The molecule has 142 valence electrons. The second-order valence-corrected chi connectivity index (χ2v) is 8.53. The second-order valence-electron chi connectivity index (χ2n) is 8.53. The number of amides is 1. The summed E-state index contributed by atoms with van der Waals surface area (Å²) >= 11 is 0. The Hall–Kier alpha value is -2.11. The Bertz CT molecular complexity index is 911. The van der Waals surface area contributed by atoms with E-state index < -0.39 is 29.1 Å². The zero-order valence-corrected chi connectivity index (χ0v) is 15.1. The Kier molecular flexibility index (Phi) is 2.85. The van der Waals surface area contributed by atoms with Gasteiger partial charge in [0, 0.05) is 24.4 Å². The molecule has 2 fully saturated rings. The minimum atomic E-state index is -1.72. The Morgan fingerprint density at radius 1 is 1.37 bits per heavy atom. The zero-order chi connectivity index (χ0) is 18.6. The first-order valence-electron chi connectivity index (χ1n) is 9.73. The predicted molar refractivity (Wildman–Crippen MR) is 93.3 cm³/mol. The smallest absolute Gasteiger partial charge is 0.226 e. The van der Waals surface area contributed by atoms with E-state index in [1.165, 1.54) is 6.08 Å². The van der Waals surface area contributed by atoms with Gasteiger partial charge in [0.1, 0.15) is 11.5 Å². The lowest BCUT2D eigenvalue weighted by Crippen LogP contribution is -2.73. The van der Waals surface area contributed by atoms with Crippen LogP contribution in [0.25, 0.3) is 0 Å². The van der Waals surface area contributed by atoms with E-state index in [9.17, 15) is 9.18 Å². The van der Waals surface area contributed by atoms with Crippen LogP contribution in [0, 0.1) is 5.92 Å². The first kappa shape index (κ1) is 15.9. The van der Waals surface area contributed by atoms with E-state index in [1.54, 1.807) is 18.1 Å². The summed E-state index contributed by atoms with van der Waals surface area (Å²) in [5.74, 6) is 0.696.